The Balaban J connectivity index is 1.52. The van der Waals surface area contributed by atoms with Crippen LogP contribution < -0.4 is 10.1 Å². The molecule has 0 aliphatic heterocycles. The van der Waals surface area contributed by atoms with Crippen molar-refractivity contribution in [3.63, 3.8) is 0 Å². The SMILES string of the molecule is CC(C)n1nccc1C(=O)NCc1ccc(OCc2ccccc2)cc1. The number of rotatable bonds is 7. The van der Waals surface area contributed by atoms with E-state index in [9.17, 15) is 4.79 Å². The highest BCUT2D eigenvalue weighted by atomic mass is 16.5. The van der Waals surface area contributed by atoms with Crippen LogP contribution in [0.25, 0.3) is 0 Å². The zero-order valence-corrected chi connectivity index (χ0v) is 15.1. The average molecular weight is 349 g/mol. The van der Waals surface area contributed by atoms with E-state index in [2.05, 4.69) is 10.4 Å². The molecule has 0 aliphatic carbocycles. The molecule has 0 fully saturated rings. The van der Waals surface area contributed by atoms with Crippen molar-refractivity contribution in [2.45, 2.75) is 33.0 Å². The molecule has 2 aromatic carbocycles. The van der Waals surface area contributed by atoms with Gasteiger partial charge in [0.2, 0.25) is 0 Å². The molecule has 0 radical (unpaired) electrons. The zero-order valence-electron chi connectivity index (χ0n) is 15.1. The first-order chi connectivity index (χ1) is 12.6. The Labute approximate surface area is 153 Å². The number of aromatic nitrogens is 2. The first-order valence-corrected chi connectivity index (χ1v) is 8.71. The van der Waals surface area contributed by atoms with E-state index in [4.69, 9.17) is 4.74 Å². The van der Waals surface area contributed by atoms with Crippen molar-refractivity contribution in [1.82, 2.24) is 15.1 Å². The van der Waals surface area contributed by atoms with Crippen LogP contribution in [-0.4, -0.2) is 15.7 Å². The third-order valence-corrected chi connectivity index (χ3v) is 4.02. The number of nitrogens with one attached hydrogen (secondary N) is 1. The van der Waals surface area contributed by atoms with Crippen LogP contribution in [0.1, 0.15) is 41.5 Å². The standard InChI is InChI=1S/C21H23N3O2/c1-16(2)24-20(12-13-23-24)21(25)22-14-17-8-10-19(11-9-17)26-15-18-6-4-3-5-7-18/h3-13,16H,14-15H2,1-2H3,(H,22,25). The number of ether oxygens (including phenoxy) is 1. The quantitative estimate of drug-likeness (QED) is 0.702. The van der Waals surface area contributed by atoms with Gasteiger partial charge in [-0.3, -0.25) is 9.48 Å². The molecule has 0 atom stereocenters. The average Bonchev–Trinajstić information content (AvgIpc) is 3.16. The lowest BCUT2D eigenvalue weighted by Gasteiger charge is -2.11. The molecule has 0 aliphatic rings. The summed E-state index contributed by atoms with van der Waals surface area (Å²) < 4.78 is 7.49. The second-order valence-corrected chi connectivity index (χ2v) is 6.36. The van der Waals surface area contributed by atoms with Gasteiger partial charge in [-0.05, 0) is 43.2 Å². The fraction of sp³-hybridized carbons (Fsp3) is 0.238. The van der Waals surface area contributed by atoms with Gasteiger partial charge in [0.05, 0.1) is 0 Å². The fourth-order valence-electron chi connectivity index (χ4n) is 2.62. The van der Waals surface area contributed by atoms with Crippen LogP contribution in [0.3, 0.4) is 0 Å². The molecular formula is C21H23N3O2. The minimum atomic E-state index is -0.124. The normalized spacial score (nSPS) is 10.7. The largest absolute Gasteiger partial charge is 0.489 e. The molecule has 1 amide bonds. The lowest BCUT2D eigenvalue weighted by atomic mass is 10.2. The number of carbonyl (C=O) groups excluding carboxylic acids is 1. The summed E-state index contributed by atoms with van der Waals surface area (Å²) in [6, 6.07) is 19.7. The number of amides is 1. The molecule has 0 bridgehead atoms. The van der Waals surface area contributed by atoms with Crippen LogP contribution in [0.4, 0.5) is 0 Å². The number of benzene rings is 2. The number of nitrogens with zero attached hydrogens (tertiary/aromatic N) is 2. The Kier molecular flexibility index (Phi) is 5.69. The lowest BCUT2D eigenvalue weighted by molar-refractivity contribution is 0.0938. The van der Waals surface area contributed by atoms with Gasteiger partial charge in [0.25, 0.3) is 5.91 Å². The topological polar surface area (TPSA) is 56.2 Å². The van der Waals surface area contributed by atoms with Gasteiger partial charge in [-0.1, -0.05) is 42.5 Å². The van der Waals surface area contributed by atoms with Crippen molar-refractivity contribution in [1.29, 1.82) is 0 Å². The van der Waals surface area contributed by atoms with Crippen molar-refractivity contribution in [2.75, 3.05) is 0 Å². The molecule has 1 aromatic heterocycles. The number of hydrogen-bond acceptors (Lipinski definition) is 3. The summed E-state index contributed by atoms with van der Waals surface area (Å²) >= 11 is 0. The van der Waals surface area contributed by atoms with Crippen molar-refractivity contribution < 1.29 is 9.53 Å². The van der Waals surface area contributed by atoms with Crippen LogP contribution in [0.2, 0.25) is 0 Å². The number of carbonyl (C=O) groups is 1. The van der Waals surface area contributed by atoms with E-state index in [1.807, 2.05) is 68.4 Å². The molecule has 26 heavy (non-hydrogen) atoms. The van der Waals surface area contributed by atoms with E-state index >= 15 is 0 Å². The lowest BCUT2D eigenvalue weighted by Crippen LogP contribution is -2.26. The van der Waals surface area contributed by atoms with Gasteiger partial charge in [-0.25, -0.2) is 0 Å². The summed E-state index contributed by atoms with van der Waals surface area (Å²) in [5, 5.41) is 7.12. The van der Waals surface area contributed by atoms with Crippen molar-refractivity contribution in [3.05, 3.63) is 83.7 Å². The Bertz CT molecular complexity index is 839. The molecule has 3 aromatic rings. The third-order valence-electron chi connectivity index (χ3n) is 4.02. The minimum Gasteiger partial charge on any atom is -0.489 e. The molecule has 0 spiro atoms. The first kappa shape index (κ1) is 17.7. The molecule has 0 unspecified atom stereocenters. The van der Waals surface area contributed by atoms with Crippen LogP contribution in [-0.2, 0) is 13.2 Å². The number of hydrogen-bond donors (Lipinski definition) is 1. The van der Waals surface area contributed by atoms with Gasteiger partial charge < -0.3 is 10.1 Å². The van der Waals surface area contributed by atoms with Gasteiger partial charge in [0.15, 0.2) is 0 Å². The van der Waals surface area contributed by atoms with E-state index in [0.717, 1.165) is 16.9 Å². The van der Waals surface area contributed by atoms with E-state index in [1.54, 1.807) is 16.9 Å². The minimum absolute atomic E-state index is 0.124. The van der Waals surface area contributed by atoms with Gasteiger partial charge >= 0.3 is 0 Å². The van der Waals surface area contributed by atoms with Crippen LogP contribution >= 0.6 is 0 Å². The van der Waals surface area contributed by atoms with E-state index in [1.165, 1.54) is 0 Å². The molecule has 0 saturated carbocycles. The molecule has 5 nitrogen and oxygen atoms in total. The van der Waals surface area contributed by atoms with E-state index < -0.39 is 0 Å². The highest BCUT2D eigenvalue weighted by Crippen LogP contribution is 2.14. The maximum atomic E-state index is 12.3. The molecular weight excluding hydrogens is 326 g/mol. The zero-order chi connectivity index (χ0) is 18.4. The third kappa shape index (κ3) is 4.51. The second-order valence-electron chi connectivity index (χ2n) is 6.36. The van der Waals surface area contributed by atoms with E-state index in [0.29, 0.717) is 18.8 Å². The van der Waals surface area contributed by atoms with Crippen LogP contribution in [0.5, 0.6) is 5.75 Å². The predicted octanol–water partition coefficient (Wildman–Crippen LogP) is 3.97. The van der Waals surface area contributed by atoms with Gasteiger partial charge in [0.1, 0.15) is 18.1 Å². The molecule has 1 heterocycles. The molecule has 134 valence electrons. The molecule has 3 rings (SSSR count). The van der Waals surface area contributed by atoms with Gasteiger partial charge in [0, 0.05) is 18.8 Å². The summed E-state index contributed by atoms with van der Waals surface area (Å²) in [5.41, 5.74) is 2.72. The van der Waals surface area contributed by atoms with Crippen LogP contribution in [0, 0.1) is 0 Å². The highest BCUT2D eigenvalue weighted by molar-refractivity contribution is 5.92. The van der Waals surface area contributed by atoms with Crippen LogP contribution in [0.15, 0.2) is 66.9 Å². The molecule has 5 heteroatoms. The van der Waals surface area contributed by atoms with Gasteiger partial charge in [-0.2, -0.15) is 5.10 Å². The fourth-order valence-corrected chi connectivity index (χ4v) is 2.62. The Morgan fingerprint density at radius 2 is 1.77 bits per heavy atom. The van der Waals surface area contributed by atoms with Crippen molar-refractivity contribution >= 4 is 5.91 Å². The van der Waals surface area contributed by atoms with E-state index in [-0.39, 0.29) is 11.9 Å². The predicted molar refractivity (Wildman–Crippen MR) is 101 cm³/mol. The van der Waals surface area contributed by atoms with Crippen molar-refractivity contribution in [3.8, 4) is 5.75 Å². The Morgan fingerprint density at radius 3 is 2.46 bits per heavy atom. The summed E-state index contributed by atoms with van der Waals surface area (Å²) in [5.74, 6) is 0.683. The summed E-state index contributed by atoms with van der Waals surface area (Å²) in [6.45, 7) is 4.99. The maximum Gasteiger partial charge on any atom is 0.269 e. The summed E-state index contributed by atoms with van der Waals surface area (Å²) in [4.78, 5) is 12.3. The Morgan fingerprint density at radius 1 is 1.04 bits per heavy atom. The molecule has 0 saturated heterocycles. The first-order valence-electron chi connectivity index (χ1n) is 8.71. The second kappa shape index (κ2) is 8.34. The maximum absolute atomic E-state index is 12.3. The summed E-state index contributed by atoms with van der Waals surface area (Å²) in [6.07, 6.45) is 1.65. The molecule has 1 N–H and O–H groups in total. The highest BCUT2D eigenvalue weighted by Gasteiger charge is 2.13. The smallest absolute Gasteiger partial charge is 0.269 e. The Hall–Kier alpha value is -3.08. The van der Waals surface area contributed by atoms with Gasteiger partial charge in [-0.15, -0.1) is 0 Å². The van der Waals surface area contributed by atoms with Crippen molar-refractivity contribution in [2.24, 2.45) is 0 Å². The monoisotopic (exact) mass is 349 g/mol. The summed E-state index contributed by atoms with van der Waals surface area (Å²) in [7, 11) is 0.